The highest BCUT2D eigenvalue weighted by atomic mass is 16.3. The van der Waals surface area contributed by atoms with Gasteiger partial charge in [-0.1, -0.05) is 12.8 Å². The summed E-state index contributed by atoms with van der Waals surface area (Å²) in [7, 11) is 0. The molecule has 1 aromatic heterocycles. The molecule has 0 N–H and O–H groups in total. The van der Waals surface area contributed by atoms with Gasteiger partial charge in [0, 0.05) is 51.1 Å². The maximum atomic E-state index is 12.9. The van der Waals surface area contributed by atoms with Crippen molar-refractivity contribution in [2.75, 3.05) is 39.3 Å². The predicted molar refractivity (Wildman–Crippen MR) is 102 cm³/mol. The molecule has 2 aliphatic heterocycles. The van der Waals surface area contributed by atoms with Gasteiger partial charge in [0.05, 0.1) is 11.8 Å². The van der Waals surface area contributed by atoms with Crippen molar-refractivity contribution in [2.45, 2.75) is 38.5 Å². The molecule has 1 aromatic rings. The fourth-order valence-corrected chi connectivity index (χ4v) is 4.73. The third kappa shape index (κ3) is 3.93. The van der Waals surface area contributed by atoms with Crippen LogP contribution in [0.1, 0.15) is 48.9 Å². The molecule has 0 aromatic carbocycles. The Balaban J connectivity index is 1.24. The largest absolute Gasteiger partial charge is 0.472 e. The van der Waals surface area contributed by atoms with Crippen molar-refractivity contribution in [3.8, 4) is 0 Å². The van der Waals surface area contributed by atoms with Crippen molar-refractivity contribution in [1.82, 2.24) is 14.7 Å². The van der Waals surface area contributed by atoms with Crippen LogP contribution in [-0.2, 0) is 9.59 Å². The molecule has 1 aliphatic carbocycles. The Hall–Kier alpha value is -2.31. The van der Waals surface area contributed by atoms with Crippen LogP contribution in [0, 0.1) is 11.8 Å². The minimum absolute atomic E-state index is 0.0227. The van der Waals surface area contributed by atoms with Crippen molar-refractivity contribution < 1.29 is 18.8 Å². The Bertz CT molecular complexity index is 695. The summed E-state index contributed by atoms with van der Waals surface area (Å²) >= 11 is 0. The quantitative estimate of drug-likeness (QED) is 0.795. The number of rotatable bonds is 3. The molecule has 7 heteroatoms. The second kappa shape index (κ2) is 8.37. The third-order valence-electron chi connectivity index (χ3n) is 6.51. The highest BCUT2D eigenvalue weighted by molar-refractivity contribution is 5.94. The SMILES string of the molecule is O=C(c1ccoc1)N1CCC(C(=O)N2CCN(C(=O)C3CCCC3)CC2)CC1. The Kier molecular flexibility index (Phi) is 5.69. The maximum Gasteiger partial charge on any atom is 0.257 e. The number of furan rings is 1. The maximum absolute atomic E-state index is 12.9. The first kappa shape index (κ1) is 19.0. The molecule has 3 heterocycles. The summed E-state index contributed by atoms with van der Waals surface area (Å²) in [6, 6.07) is 1.67. The number of piperidine rings is 1. The van der Waals surface area contributed by atoms with Crippen LogP contribution >= 0.6 is 0 Å². The molecule has 0 unspecified atom stereocenters. The molecule has 1 saturated carbocycles. The topological polar surface area (TPSA) is 74.1 Å². The number of hydrogen-bond acceptors (Lipinski definition) is 4. The zero-order valence-corrected chi connectivity index (χ0v) is 16.3. The molecule has 0 atom stereocenters. The van der Waals surface area contributed by atoms with Gasteiger partial charge in [0.15, 0.2) is 0 Å². The number of piperazine rings is 1. The Morgan fingerprint density at radius 2 is 1.29 bits per heavy atom. The second-order valence-corrected chi connectivity index (χ2v) is 8.21. The molecule has 0 spiro atoms. The lowest BCUT2D eigenvalue weighted by Crippen LogP contribution is -2.54. The summed E-state index contributed by atoms with van der Waals surface area (Å²) in [5, 5.41) is 0. The predicted octanol–water partition coefficient (Wildman–Crippen LogP) is 1.99. The number of carbonyl (C=O) groups excluding carboxylic acids is 3. The van der Waals surface area contributed by atoms with Crippen molar-refractivity contribution in [3.63, 3.8) is 0 Å². The van der Waals surface area contributed by atoms with Gasteiger partial charge < -0.3 is 19.1 Å². The van der Waals surface area contributed by atoms with Crippen LogP contribution in [-0.4, -0.2) is 71.7 Å². The van der Waals surface area contributed by atoms with E-state index in [0.717, 1.165) is 25.7 Å². The Morgan fingerprint density at radius 1 is 0.750 bits per heavy atom. The van der Waals surface area contributed by atoms with Gasteiger partial charge in [-0.2, -0.15) is 0 Å². The average Bonchev–Trinajstić information content (AvgIpc) is 3.47. The first-order valence-electron chi connectivity index (χ1n) is 10.5. The minimum Gasteiger partial charge on any atom is -0.472 e. The molecule has 0 bridgehead atoms. The summed E-state index contributed by atoms with van der Waals surface area (Å²) in [5.41, 5.74) is 0.563. The molecule has 3 fully saturated rings. The van der Waals surface area contributed by atoms with Crippen LogP contribution in [0.2, 0.25) is 0 Å². The van der Waals surface area contributed by atoms with E-state index in [4.69, 9.17) is 4.42 Å². The van der Waals surface area contributed by atoms with Gasteiger partial charge in [-0.15, -0.1) is 0 Å². The molecule has 2 saturated heterocycles. The van der Waals surface area contributed by atoms with E-state index in [-0.39, 0.29) is 29.6 Å². The van der Waals surface area contributed by atoms with Crippen LogP contribution < -0.4 is 0 Å². The molecular formula is C21H29N3O4. The van der Waals surface area contributed by atoms with E-state index < -0.39 is 0 Å². The van der Waals surface area contributed by atoms with Gasteiger partial charge in [-0.3, -0.25) is 14.4 Å². The molecule has 3 amide bonds. The van der Waals surface area contributed by atoms with E-state index in [9.17, 15) is 14.4 Å². The van der Waals surface area contributed by atoms with E-state index in [1.54, 1.807) is 11.0 Å². The van der Waals surface area contributed by atoms with E-state index in [2.05, 4.69) is 0 Å². The van der Waals surface area contributed by atoms with Crippen LogP contribution in [0.3, 0.4) is 0 Å². The van der Waals surface area contributed by atoms with Gasteiger partial charge in [-0.25, -0.2) is 0 Å². The van der Waals surface area contributed by atoms with Crippen LogP contribution in [0.25, 0.3) is 0 Å². The lowest BCUT2D eigenvalue weighted by Gasteiger charge is -2.39. The highest BCUT2D eigenvalue weighted by Crippen LogP contribution is 2.27. The Morgan fingerprint density at radius 3 is 1.79 bits per heavy atom. The monoisotopic (exact) mass is 387 g/mol. The zero-order chi connectivity index (χ0) is 19.5. The number of carbonyl (C=O) groups is 3. The first-order chi connectivity index (χ1) is 13.6. The molecular weight excluding hydrogens is 358 g/mol. The third-order valence-corrected chi connectivity index (χ3v) is 6.51. The van der Waals surface area contributed by atoms with Crippen LogP contribution in [0.15, 0.2) is 23.0 Å². The molecule has 0 radical (unpaired) electrons. The smallest absolute Gasteiger partial charge is 0.257 e. The first-order valence-corrected chi connectivity index (χ1v) is 10.5. The molecule has 4 rings (SSSR count). The zero-order valence-electron chi connectivity index (χ0n) is 16.3. The summed E-state index contributed by atoms with van der Waals surface area (Å²) in [6.45, 7) is 3.76. The Labute approximate surface area is 165 Å². The van der Waals surface area contributed by atoms with Gasteiger partial charge in [0.1, 0.15) is 6.26 Å². The highest BCUT2D eigenvalue weighted by Gasteiger charge is 2.34. The van der Waals surface area contributed by atoms with Crippen molar-refractivity contribution >= 4 is 17.7 Å². The summed E-state index contributed by atoms with van der Waals surface area (Å²) in [6.07, 6.45) is 8.73. The van der Waals surface area contributed by atoms with Gasteiger partial charge in [0.2, 0.25) is 11.8 Å². The average molecular weight is 387 g/mol. The van der Waals surface area contributed by atoms with Crippen LogP contribution in [0.5, 0.6) is 0 Å². The van der Waals surface area contributed by atoms with Gasteiger partial charge >= 0.3 is 0 Å². The number of hydrogen-bond donors (Lipinski definition) is 0. The number of nitrogens with zero attached hydrogens (tertiary/aromatic N) is 3. The fourth-order valence-electron chi connectivity index (χ4n) is 4.73. The summed E-state index contributed by atoms with van der Waals surface area (Å²) in [5.74, 6) is 0.627. The second-order valence-electron chi connectivity index (χ2n) is 8.21. The van der Waals surface area contributed by atoms with E-state index in [0.29, 0.717) is 57.7 Å². The standard InChI is InChI=1S/C21H29N3O4/c25-19(16-3-1-2-4-16)23-10-12-24(13-11-23)20(26)17-5-8-22(9-6-17)21(27)18-7-14-28-15-18/h7,14-17H,1-6,8-13H2. The fraction of sp³-hybridized carbons (Fsp3) is 0.667. The lowest BCUT2D eigenvalue weighted by molar-refractivity contribution is -0.144. The lowest BCUT2D eigenvalue weighted by atomic mass is 9.94. The van der Waals surface area contributed by atoms with E-state index in [1.165, 1.54) is 12.5 Å². The minimum atomic E-state index is -0.0290. The van der Waals surface area contributed by atoms with Gasteiger partial charge in [-0.05, 0) is 31.7 Å². The molecule has 3 aliphatic rings. The normalized spacial score (nSPS) is 21.9. The molecule has 7 nitrogen and oxygen atoms in total. The van der Waals surface area contributed by atoms with Gasteiger partial charge in [0.25, 0.3) is 5.91 Å². The summed E-state index contributed by atoms with van der Waals surface area (Å²) in [4.78, 5) is 43.5. The van der Waals surface area contributed by atoms with E-state index in [1.807, 2.05) is 9.80 Å². The number of amides is 3. The summed E-state index contributed by atoms with van der Waals surface area (Å²) < 4.78 is 4.99. The van der Waals surface area contributed by atoms with Crippen molar-refractivity contribution in [1.29, 1.82) is 0 Å². The van der Waals surface area contributed by atoms with Crippen molar-refractivity contribution in [2.24, 2.45) is 11.8 Å². The van der Waals surface area contributed by atoms with Crippen LogP contribution in [0.4, 0.5) is 0 Å². The molecule has 152 valence electrons. The van der Waals surface area contributed by atoms with Crippen molar-refractivity contribution in [3.05, 3.63) is 24.2 Å². The number of likely N-dealkylation sites (tertiary alicyclic amines) is 1. The van der Waals surface area contributed by atoms with E-state index >= 15 is 0 Å². The molecule has 28 heavy (non-hydrogen) atoms.